The number of hydrogen-bond acceptors (Lipinski definition) is 2. The lowest BCUT2D eigenvalue weighted by Gasteiger charge is -2.37. The molecule has 30 heavy (non-hydrogen) atoms. The minimum absolute atomic E-state index is 0.228. The maximum atomic E-state index is 10.7. The Morgan fingerprint density at radius 2 is 1.17 bits per heavy atom. The van der Waals surface area contributed by atoms with Crippen molar-refractivity contribution in [2.75, 3.05) is 5.32 Å². The molecule has 0 aliphatic heterocycles. The highest BCUT2D eigenvalue weighted by Gasteiger charge is 2.42. The third-order valence-corrected chi connectivity index (χ3v) is 5.52. The van der Waals surface area contributed by atoms with Gasteiger partial charge in [0.05, 0.1) is 12.1 Å². The van der Waals surface area contributed by atoms with Crippen LogP contribution < -0.4 is 5.32 Å². The molecule has 4 aromatic carbocycles. The van der Waals surface area contributed by atoms with Gasteiger partial charge in [-0.2, -0.15) is 5.26 Å². The summed E-state index contributed by atoms with van der Waals surface area (Å²) < 4.78 is 0. The van der Waals surface area contributed by atoms with Crippen molar-refractivity contribution in [2.45, 2.75) is 17.9 Å². The Balaban J connectivity index is 1.89. The molecular formula is C28H24N2. The van der Waals surface area contributed by atoms with Gasteiger partial charge in [-0.1, -0.05) is 109 Å². The molecule has 2 nitrogen and oxygen atoms in total. The molecule has 0 saturated carbocycles. The van der Waals surface area contributed by atoms with Crippen LogP contribution in [0.4, 0.5) is 5.69 Å². The van der Waals surface area contributed by atoms with Crippen LogP contribution in [0.1, 0.15) is 22.7 Å². The van der Waals surface area contributed by atoms with E-state index in [9.17, 15) is 5.26 Å². The van der Waals surface area contributed by atoms with Crippen LogP contribution >= 0.6 is 0 Å². The predicted octanol–water partition coefficient (Wildman–Crippen LogP) is 6.54. The van der Waals surface area contributed by atoms with E-state index in [-0.39, 0.29) is 6.04 Å². The standard InChI is InChI=1S/C28H24N2/c29-22-28(25-17-9-3-10-18-25,21-23-13-5-1-6-14-23)27(24-15-7-2-8-16-24)30-26-19-11-4-12-20-26/h1-20,27,30H,21H2/t27-,28-/m0/s1. The van der Waals surface area contributed by atoms with Crippen LogP contribution in [0.5, 0.6) is 0 Å². The maximum absolute atomic E-state index is 10.7. The van der Waals surface area contributed by atoms with E-state index in [1.807, 2.05) is 84.9 Å². The van der Waals surface area contributed by atoms with E-state index in [1.54, 1.807) is 0 Å². The van der Waals surface area contributed by atoms with Crippen molar-refractivity contribution < 1.29 is 0 Å². The first-order valence-electron chi connectivity index (χ1n) is 10.2. The lowest BCUT2D eigenvalue weighted by molar-refractivity contribution is 0.466. The number of benzene rings is 4. The fourth-order valence-corrected chi connectivity index (χ4v) is 4.03. The molecule has 0 heterocycles. The summed E-state index contributed by atoms with van der Waals surface area (Å²) >= 11 is 0. The first-order valence-corrected chi connectivity index (χ1v) is 10.2. The van der Waals surface area contributed by atoms with Crippen LogP contribution in [0.3, 0.4) is 0 Å². The average Bonchev–Trinajstić information content (AvgIpc) is 2.84. The lowest BCUT2D eigenvalue weighted by atomic mass is 9.69. The van der Waals surface area contributed by atoms with Crippen molar-refractivity contribution in [3.8, 4) is 6.07 Å². The molecule has 0 aliphatic carbocycles. The van der Waals surface area contributed by atoms with Crippen LogP contribution in [-0.4, -0.2) is 0 Å². The van der Waals surface area contributed by atoms with Crippen LogP contribution in [0, 0.1) is 11.3 Å². The second-order valence-electron chi connectivity index (χ2n) is 7.47. The second kappa shape index (κ2) is 9.11. The van der Waals surface area contributed by atoms with Gasteiger partial charge in [-0.15, -0.1) is 0 Å². The van der Waals surface area contributed by atoms with Gasteiger partial charge >= 0.3 is 0 Å². The van der Waals surface area contributed by atoms with E-state index in [4.69, 9.17) is 0 Å². The number of hydrogen-bond donors (Lipinski definition) is 1. The van der Waals surface area contributed by atoms with Crippen molar-refractivity contribution in [3.63, 3.8) is 0 Å². The van der Waals surface area contributed by atoms with Gasteiger partial charge in [0.15, 0.2) is 0 Å². The number of para-hydroxylation sites is 1. The topological polar surface area (TPSA) is 35.8 Å². The number of nitriles is 1. The molecule has 0 spiro atoms. The second-order valence-corrected chi connectivity index (χ2v) is 7.47. The molecular weight excluding hydrogens is 364 g/mol. The van der Waals surface area contributed by atoms with E-state index in [1.165, 1.54) is 0 Å². The molecule has 4 aromatic rings. The highest BCUT2D eigenvalue weighted by atomic mass is 14.9. The Hall–Kier alpha value is -3.83. The molecule has 0 aromatic heterocycles. The minimum Gasteiger partial charge on any atom is -0.376 e. The molecule has 0 amide bonds. The summed E-state index contributed by atoms with van der Waals surface area (Å²) in [5.41, 5.74) is 3.43. The molecule has 1 N–H and O–H groups in total. The molecule has 0 bridgehead atoms. The zero-order chi connectivity index (χ0) is 20.7. The molecule has 0 fully saturated rings. The summed E-state index contributed by atoms with van der Waals surface area (Å²) in [6, 6.07) is 43.3. The van der Waals surface area contributed by atoms with Gasteiger partial charge in [-0.3, -0.25) is 0 Å². The number of rotatable bonds is 7. The highest BCUT2D eigenvalue weighted by Crippen LogP contribution is 2.42. The molecule has 4 rings (SSSR count). The van der Waals surface area contributed by atoms with Crippen LogP contribution in [0.2, 0.25) is 0 Å². The maximum Gasteiger partial charge on any atom is 0.110 e. The van der Waals surface area contributed by atoms with Crippen LogP contribution in [0.15, 0.2) is 121 Å². The normalized spacial score (nSPS) is 13.6. The largest absolute Gasteiger partial charge is 0.376 e. The number of nitrogens with zero attached hydrogens (tertiary/aromatic N) is 1. The fraction of sp³-hybridized carbons (Fsp3) is 0.107. The third-order valence-electron chi connectivity index (χ3n) is 5.52. The summed E-state index contributed by atoms with van der Waals surface area (Å²) in [7, 11) is 0. The molecule has 2 heteroatoms. The Bertz CT molecular complexity index is 1090. The van der Waals surface area contributed by atoms with E-state index in [0.717, 1.165) is 22.4 Å². The first-order chi connectivity index (χ1) is 14.8. The third kappa shape index (κ3) is 4.11. The van der Waals surface area contributed by atoms with Crippen molar-refractivity contribution in [3.05, 3.63) is 138 Å². The van der Waals surface area contributed by atoms with Gasteiger partial charge < -0.3 is 5.32 Å². The van der Waals surface area contributed by atoms with Crippen molar-refractivity contribution in [1.29, 1.82) is 5.26 Å². The van der Waals surface area contributed by atoms with E-state index >= 15 is 0 Å². The van der Waals surface area contributed by atoms with Crippen molar-refractivity contribution >= 4 is 5.69 Å². The predicted molar refractivity (Wildman–Crippen MR) is 123 cm³/mol. The summed E-state index contributed by atoms with van der Waals surface area (Å²) in [5.74, 6) is 0. The fourth-order valence-electron chi connectivity index (χ4n) is 4.03. The average molecular weight is 389 g/mol. The van der Waals surface area contributed by atoms with E-state index < -0.39 is 5.41 Å². The van der Waals surface area contributed by atoms with Gasteiger partial charge in [-0.05, 0) is 35.2 Å². The van der Waals surface area contributed by atoms with Gasteiger partial charge in [-0.25, -0.2) is 0 Å². The highest BCUT2D eigenvalue weighted by molar-refractivity contribution is 5.51. The quantitative estimate of drug-likeness (QED) is 0.390. The smallest absolute Gasteiger partial charge is 0.110 e. The van der Waals surface area contributed by atoms with Crippen LogP contribution in [0.25, 0.3) is 0 Å². The Morgan fingerprint density at radius 3 is 1.73 bits per heavy atom. The van der Waals surface area contributed by atoms with Crippen LogP contribution in [-0.2, 0) is 11.8 Å². The minimum atomic E-state index is -0.792. The molecule has 0 unspecified atom stereocenters. The van der Waals surface area contributed by atoms with E-state index in [2.05, 4.69) is 47.8 Å². The Kier molecular flexibility index (Phi) is 5.92. The molecule has 2 atom stereocenters. The monoisotopic (exact) mass is 388 g/mol. The van der Waals surface area contributed by atoms with Gasteiger partial charge in [0.2, 0.25) is 0 Å². The summed E-state index contributed by atoms with van der Waals surface area (Å²) in [6.07, 6.45) is 0.605. The molecule has 0 aliphatic rings. The number of anilines is 1. The number of nitrogens with one attached hydrogen (secondary N) is 1. The molecule has 146 valence electrons. The molecule has 0 radical (unpaired) electrons. The van der Waals surface area contributed by atoms with Gasteiger partial charge in [0.1, 0.15) is 5.41 Å². The Labute approximate surface area is 178 Å². The Morgan fingerprint density at radius 1 is 0.667 bits per heavy atom. The zero-order valence-corrected chi connectivity index (χ0v) is 16.8. The van der Waals surface area contributed by atoms with Crippen molar-refractivity contribution in [2.24, 2.45) is 0 Å². The SMILES string of the molecule is N#C[C@@](Cc1ccccc1)(c1ccccc1)[C@@H](Nc1ccccc1)c1ccccc1. The zero-order valence-electron chi connectivity index (χ0n) is 16.8. The van der Waals surface area contributed by atoms with Gasteiger partial charge in [0.25, 0.3) is 0 Å². The first kappa shape index (κ1) is 19.5. The molecule has 0 saturated heterocycles. The lowest BCUT2D eigenvalue weighted by Crippen LogP contribution is -2.39. The summed E-state index contributed by atoms with van der Waals surface area (Å²) in [6.45, 7) is 0. The summed E-state index contributed by atoms with van der Waals surface area (Å²) in [5, 5.41) is 14.4. The van der Waals surface area contributed by atoms with Crippen molar-refractivity contribution in [1.82, 2.24) is 0 Å². The van der Waals surface area contributed by atoms with E-state index in [0.29, 0.717) is 6.42 Å². The van der Waals surface area contributed by atoms with Gasteiger partial charge in [0, 0.05) is 5.69 Å². The summed E-state index contributed by atoms with van der Waals surface area (Å²) in [4.78, 5) is 0.